The van der Waals surface area contributed by atoms with Crippen LogP contribution in [0.1, 0.15) is 18.4 Å². The van der Waals surface area contributed by atoms with Crippen LogP contribution in [0.4, 0.5) is 0 Å². The van der Waals surface area contributed by atoms with Crippen LogP contribution in [0, 0.1) is 5.92 Å². The number of nitrogens with one attached hydrogen (secondary N) is 3. The van der Waals surface area contributed by atoms with Crippen molar-refractivity contribution in [3.8, 4) is 0 Å². The first-order valence-electron chi connectivity index (χ1n) is 11.9. The van der Waals surface area contributed by atoms with Gasteiger partial charge in [0.25, 0.3) is 0 Å². The van der Waals surface area contributed by atoms with E-state index in [1.165, 1.54) is 6.07 Å². The molecule has 0 radical (unpaired) electrons. The highest BCUT2D eigenvalue weighted by Gasteiger charge is 2.62. The van der Waals surface area contributed by atoms with Gasteiger partial charge in [0.15, 0.2) is 0 Å². The molecule has 11 heteroatoms. The highest BCUT2D eigenvalue weighted by atomic mass is 32.2. The Morgan fingerprint density at radius 3 is 2.32 bits per heavy atom. The zero-order valence-electron chi connectivity index (χ0n) is 20.2. The van der Waals surface area contributed by atoms with Crippen LogP contribution in [-0.4, -0.2) is 44.3 Å². The first-order chi connectivity index (χ1) is 17.6. The van der Waals surface area contributed by atoms with Gasteiger partial charge in [-0.15, -0.1) is 0 Å². The van der Waals surface area contributed by atoms with Crippen molar-refractivity contribution in [1.82, 2.24) is 10.0 Å². The van der Waals surface area contributed by atoms with Crippen LogP contribution in [0.25, 0.3) is 10.8 Å². The smallest absolute Gasteiger partial charge is 0.338 e. The maximum Gasteiger partial charge on any atom is 0.338 e. The number of fused-ring (bicyclic) bond motifs is 1. The fourth-order valence-electron chi connectivity index (χ4n) is 4.51. The van der Waals surface area contributed by atoms with E-state index in [4.69, 9.17) is 17.2 Å². The van der Waals surface area contributed by atoms with Gasteiger partial charge in [-0.3, -0.25) is 26.0 Å². The molecule has 10 nitrogen and oxygen atoms in total. The Hall–Kier alpha value is -3.96. The van der Waals surface area contributed by atoms with Crippen molar-refractivity contribution in [1.29, 1.82) is 0 Å². The minimum absolute atomic E-state index is 0.0316. The van der Waals surface area contributed by atoms with Crippen LogP contribution in [0.5, 0.6) is 0 Å². The van der Waals surface area contributed by atoms with Crippen LogP contribution in [0.3, 0.4) is 0 Å². The van der Waals surface area contributed by atoms with Gasteiger partial charge in [-0.05, 0) is 47.2 Å². The molecule has 0 heterocycles. The fourth-order valence-corrected chi connectivity index (χ4v) is 5.98. The van der Waals surface area contributed by atoms with Crippen LogP contribution in [0.2, 0.25) is 0 Å². The van der Waals surface area contributed by atoms with Crippen LogP contribution < -0.4 is 32.2 Å². The molecule has 0 aliphatic heterocycles. The summed E-state index contributed by atoms with van der Waals surface area (Å²) < 4.78 is 29.5. The molecule has 0 saturated heterocycles. The highest BCUT2D eigenvalue weighted by molar-refractivity contribution is 7.89. The van der Waals surface area contributed by atoms with Crippen LogP contribution in [0.15, 0.2) is 77.7 Å². The summed E-state index contributed by atoms with van der Waals surface area (Å²) in [6.07, 6.45) is 0.848. The molecule has 3 atom stereocenters. The minimum Gasteiger partial charge on any atom is -0.368 e. The predicted octanol–water partition coefficient (Wildman–Crippen LogP) is -1.17. The van der Waals surface area contributed by atoms with E-state index in [0.29, 0.717) is 13.0 Å². The summed E-state index contributed by atoms with van der Waals surface area (Å²) in [4.78, 5) is 28.5. The van der Waals surface area contributed by atoms with E-state index in [1.807, 2.05) is 54.6 Å². The second-order valence-electron chi connectivity index (χ2n) is 9.28. The summed E-state index contributed by atoms with van der Waals surface area (Å²) in [5.74, 6) is -1.63. The Bertz CT molecular complexity index is 1440. The number of rotatable bonds is 11. The lowest BCUT2D eigenvalue weighted by Gasteiger charge is -2.23. The maximum atomic E-state index is 13.5. The lowest BCUT2D eigenvalue weighted by atomic mass is 10.0. The van der Waals surface area contributed by atoms with Gasteiger partial charge in [-0.2, -0.15) is 4.72 Å². The Balaban J connectivity index is 1.59. The van der Waals surface area contributed by atoms with E-state index in [2.05, 4.69) is 15.0 Å². The third kappa shape index (κ3) is 6.07. The monoisotopic (exact) mass is 523 g/mol. The standard InChI is InChI=1S/C26H30N6O4S/c27-23(33)22(14-17-6-2-1-3-7-17)31-24(34)26(16-20(26)12-13-30-25(28)29)32-37(35,36)21-11-10-18-8-4-5-9-19(18)15-21/h1-11,15,20,22,32H,12-14,16H2,(H2,27,33)(H,31,34)(H4,28,29,30)/p+1/t20-,22+,26?/m1/s1. The largest absolute Gasteiger partial charge is 0.368 e. The predicted molar refractivity (Wildman–Crippen MR) is 140 cm³/mol. The zero-order chi connectivity index (χ0) is 26.6. The third-order valence-electron chi connectivity index (χ3n) is 6.61. The van der Waals surface area contributed by atoms with Crippen LogP contribution >= 0.6 is 0 Å². The Morgan fingerprint density at radius 2 is 1.65 bits per heavy atom. The molecule has 1 fully saturated rings. The molecular formula is C26H31N6O4S+. The average Bonchev–Trinajstić information content (AvgIpc) is 3.56. The van der Waals surface area contributed by atoms with Gasteiger partial charge < -0.3 is 11.1 Å². The topological polar surface area (TPSA) is 184 Å². The molecule has 9 N–H and O–H groups in total. The number of nitrogens with two attached hydrogens (primary N) is 3. The van der Waals surface area contributed by atoms with Crippen molar-refractivity contribution >= 4 is 38.6 Å². The molecule has 3 aromatic carbocycles. The second kappa shape index (κ2) is 10.6. The lowest BCUT2D eigenvalue weighted by Crippen LogP contribution is -2.78. The molecule has 1 unspecified atom stereocenters. The van der Waals surface area contributed by atoms with E-state index in [0.717, 1.165) is 16.3 Å². The minimum atomic E-state index is -4.08. The summed E-state index contributed by atoms with van der Waals surface area (Å²) in [6.45, 7) is 0.350. The van der Waals surface area contributed by atoms with Gasteiger partial charge >= 0.3 is 5.96 Å². The van der Waals surface area contributed by atoms with Crippen molar-refractivity contribution < 1.29 is 23.0 Å². The molecule has 37 heavy (non-hydrogen) atoms. The molecule has 0 spiro atoms. The molecule has 1 aliphatic carbocycles. The number of carbonyl (C=O) groups is 2. The summed E-state index contributed by atoms with van der Waals surface area (Å²) in [6, 6.07) is 20.3. The van der Waals surface area contributed by atoms with Crippen LogP contribution in [-0.2, 0) is 26.0 Å². The number of carbonyl (C=O) groups excluding carboxylic acids is 2. The Morgan fingerprint density at radius 1 is 0.973 bits per heavy atom. The van der Waals surface area contributed by atoms with Crippen molar-refractivity contribution in [2.75, 3.05) is 6.54 Å². The number of primary amides is 1. The number of sulfonamides is 1. The lowest BCUT2D eigenvalue weighted by molar-refractivity contribution is -0.460. The molecule has 0 aromatic heterocycles. The number of hydrogen-bond donors (Lipinski definition) is 6. The molecular weight excluding hydrogens is 492 g/mol. The SMILES string of the molecule is NC(=O)[C@H](Cc1ccccc1)NC(=O)C1(NS(=O)(=O)c2ccc3ccccc3c2)C[C@H]1CC[NH+]=C(N)N. The fraction of sp³-hybridized carbons (Fsp3) is 0.269. The summed E-state index contributed by atoms with van der Waals surface area (Å²) in [5.41, 5.74) is 15.9. The quantitative estimate of drug-likeness (QED) is 0.136. The molecule has 1 saturated carbocycles. The number of hydrogen-bond acceptors (Lipinski definition) is 4. The van der Waals surface area contributed by atoms with Crippen molar-refractivity contribution in [3.63, 3.8) is 0 Å². The summed E-state index contributed by atoms with van der Waals surface area (Å²) in [5, 5.41) is 4.33. The Kier molecular flexibility index (Phi) is 7.46. The molecule has 3 aromatic rings. The summed E-state index contributed by atoms with van der Waals surface area (Å²) >= 11 is 0. The van der Waals surface area contributed by atoms with Gasteiger partial charge in [0, 0.05) is 6.42 Å². The summed E-state index contributed by atoms with van der Waals surface area (Å²) in [7, 11) is -4.08. The second-order valence-corrected chi connectivity index (χ2v) is 11.0. The normalized spacial score (nSPS) is 19.6. The number of guanidine groups is 1. The Labute approximate surface area is 215 Å². The molecule has 194 valence electrons. The van der Waals surface area contributed by atoms with Gasteiger partial charge in [0.2, 0.25) is 21.8 Å². The molecule has 2 amide bonds. The van der Waals surface area contributed by atoms with Crippen molar-refractivity contribution in [2.24, 2.45) is 23.1 Å². The average molecular weight is 524 g/mol. The van der Waals surface area contributed by atoms with Crippen molar-refractivity contribution in [2.45, 2.75) is 35.7 Å². The van der Waals surface area contributed by atoms with E-state index < -0.39 is 33.4 Å². The van der Waals surface area contributed by atoms with E-state index in [-0.39, 0.29) is 29.6 Å². The van der Waals surface area contributed by atoms with E-state index in [9.17, 15) is 18.0 Å². The molecule has 0 bridgehead atoms. The first kappa shape index (κ1) is 26.1. The van der Waals surface area contributed by atoms with Gasteiger partial charge in [-0.1, -0.05) is 60.7 Å². The van der Waals surface area contributed by atoms with Crippen molar-refractivity contribution in [3.05, 3.63) is 78.4 Å². The van der Waals surface area contributed by atoms with Gasteiger partial charge in [0.1, 0.15) is 11.6 Å². The molecule has 1 aliphatic rings. The van der Waals surface area contributed by atoms with Gasteiger partial charge in [-0.25, -0.2) is 8.42 Å². The molecule has 4 rings (SSSR count). The third-order valence-corrected chi connectivity index (χ3v) is 8.12. The highest BCUT2D eigenvalue weighted by Crippen LogP contribution is 2.47. The maximum absolute atomic E-state index is 13.5. The number of amides is 2. The zero-order valence-corrected chi connectivity index (χ0v) is 21.0. The van der Waals surface area contributed by atoms with Gasteiger partial charge in [0.05, 0.1) is 11.4 Å². The first-order valence-corrected chi connectivity index (χ1v) is 13.4. The number of benzene rings is 3. The van der Waals surface area contributed by atoms with E-state index in [1.54, 1.807) is 12.1 Å². The van der Waals surface area contributed by atoms with E-state index >= 15 is 0 Å².